The lowest BCUT2D eigenvalue weighted by Crippen LogP contribution is -2.51. The highest BCUT2D eigenvalue weighted by Gasteiger charge is 2.50. The van der Waals surface area contributed by atoms with Gasteiger partial charge in [-0.3, -0.25) is 4.79 Å². The molecule has 0 aromatic heterocycles. The van der Waals surface area contributed by atoms with Crippen LogP contribution in [-0.4, -0.2) is 19.1 Å². The normalized spacial score (nSPS) is 33.5. The van der Waals surface area contributed by atoms with E-state index in [1.165, 1.54) is 38.5 Å². The Balaban J connectivity index is 1.30. The lowest BCUT2D eigenvalue weighted by atomic mass is 9.49. The zero-order valence-corrected chi connectivity index (χ0v) is 15.1. The Morgan fingerprint density at radius 1 is 1.21 bits per heavy atom. The van der Waals surface area contributed by atoms with Gasteiger partial charge in [-0.25, -0.2) is 0 Å². The van der Waals surface area contributed by atoms with E-state index in [-0.39, 0.29) is 12.5 Å². The van der Waals surface area contributed by atoms with Crippen LogP contribution >= 0.6 is 11.6 Å². The highest BCUT2D eigenvalue weighted by molar-refractivity contribution is 6.32. The molecule has 4 bridgehead atoms. The lowest BCUT2D eigenvalue weighted by molar-refractivity contribution is -0.125. The van der Waals surface area contributed by atoms with E-state index in [2.05, 4.69) is 5.32 Å². The minimum absolute atomic E-state index is 0.0372. The molecule has 0 atom stereocenters. The van der Waals surface area contributed by atoms with Crippen LogP contribution in [0.2, 0.25) is 5.02 Å². The minimum Gasteiger partial charge on any atom is -0.482 e. The van der Waals surface area contributed by atoms with Crippen LogP contribution in [0.3, 0.4) is 0 Å². The number of halogens is 1. The molecule has 0 unspecified atom stereocenters. The maximum atomic E-state index is 12.2. The van der Waals surface area contributed by atoms with E-state index in [4.69, 9.17) is 16.3 Å². The van der Waals surface area contributed by atoms with E-state index >= 15 is 0 Å². The van der Waals surface area contributed by atoms with Crippen molar-refractivity contribution in [3.63, 3.8) is 0 Å². The summed E-state index contributed by atoms with van der Waals surface area (Å²) in [7, 11) is 0. The number of carbonyl (C=O) groups is 1. The first kappa shape index (κ1) is 16.3. The highest BCUT2D eigenvalue weighted by atomic mass is 35.5. The van der Waals surface area contributed by atoms with Crippen LogP contribution in [0.5, 0.6) is 5.75 Å². The third-order valence-corrected chi connectivity index (χ3v) is 6.58. The monoisotopic (exact) mass is 347 g/mol. The number of hydrogen-bond acceptors (Lipinski definition) is 2. The molecule has 1 aromatic rings. The van der Waals surface area contributed by atoms with Crippen LogP contribution in [-0.2, 0) is 4.79 Å². The third kappa shape index (κ3) is 3.28. The number of amides is 1. The van der Waals surface area contributed by atoms with Crippen LogP contribution in [0.15, 0.2) is 18.2 Å². The topological polar surface area (TPSA) is 38.3 Å². The van der Waals surface area contributed by atoms with Gasteiger partial charge in [-0.15, -0.1) is 0 Å². The molecule has 1 aromatic carbocycles. The predicted octanol–water partition coefficient (Wildman–Crippen LogP) is 4.36. The molecule has 130 valence electrons. The molecule has 3 nitrogen and oxygen atoms in total. The largest absolute Gasteiger partial charge is 0.482 e. The van der Waals surface area contributed by atoms with E-state index in [0.29, 0.717) is 16.2 Å². The molecule has 5 rings (SSSR count). The number of carbonyl (C=O) groups excluding carboxylic acids is 1. The summed E-state index contributed by atoms with van der Waals surface area (Å²) in [5, 5.41) is 3.69. The lowest BCUT2D eigenvalue weighted by Gasteiger charge is -2.56. The van der Waals surface area contributed by atoms with Crippen LogP contribution in [0.4, 0.5) is 0 Å². The van der Waals surface area contributed by atoms with Gasteiger partial charge in [0.05, 0.1) is 5.02 Å². The van der Waals surface area contributed by atoms with Crippen LogP contribution in [0.1, 0.15) is 44.1 Å². The third-order valence-electron chi connectivity index (χ3n) is 6.27. The fraction of sp³-hybridized carbons (Fsp3) is 0.650. The van der Waals surface area contributed by atoms with E-state index in [1.54, 1.807) is 6.07 Å². The van der Waals surface area contributed by atoms with Crippen LogP contribution < -0.4 is 10.1 Å². The smallest absolute Gasteiger partial charge is 0.257 e. The quantitative estimate of drug-likeness (QED) is 0.859. The molecule has 4 fully saturated rings. The zero-order valence-electron chi connectivity index (χ0n) is 14.3. The second kappa shape index (κ2) is 6.25. The average Bonchev–Trinajstić information content (AvgIpc) is 2.52. The summed E-state index contributed by atoms with van der Waals surface area (Å²) >= 11 is 6.11. The first-order chi connectivity index (χ1) is 11.5. The van der Waals surface area contributed by atoms with Gasteiger partial charge in [0.1, 0.15) is 5.75 Å². The molecule has 24 heavy (non-hydrogen) atoms. The van der Waals surface area contributed by atoms with Crippen molar-refractivity contribution >= 4 is 17.5 Å². The number of nitrogens with one attached hydrogen (secondary N) is 1. The second-order valence-electron chi connectivity index (χ2n) is 8.42. The summed E-state index contributed by atoms with van der Waals surface area (Å²) in [6.45, 7) is 2.84. The molecule has 4 heteroatoms. The molecule has 4 aliphatic carbocycles. The summed E-state index contributed by atoms with van der Waals surface area (Å²) in [6, 6.07) is 5.61. The van der Waals surface area contributed by atoms with E-state index < -0.39 is 0 Å². The molecular weight excluding hydrogens is 322 g/mol. The van der Waals surface area contributed by atoms with Crippen molar-refractivity contribution in [2.45, 2.75) is 45.4 Å². The number of aryl methyl sites for hydroxylation is 1. The number of benzene rings is 1. The van der Waals surface area contributed by atoms with Gasteiger partial charge < -0.3 is 10.1 Å². The Labute approximate surface area is 149 Å². The molecule has 1 amide bonds. The second-order valence-corrected chi connectivity index (χ2v) is 8.82. The van der Waals surface area contributed by atoms with E-state index in [9.17, 15) is 4.79 Å². The molecule has 4 saturated carbocycles. The number of ether oxygens (including phenoxy) is 1. The maximum absolute atomic E-state index is 12.2. The van der Waals surface area contributed by atoms with Gasteiger partial charge in [0.25, 0.3) is 5.91 Å². The number of rotatable bonds is 5. The number of hydrogen-bond donors (Lipinski definition) is 1. The summed E-state index contributed by atoms with van der Waals surface area (Å²) in [5.41, 5.74) is 1.44. The van der Waals surface area contributed by atoms with Crippen molar-refractivity contribution in [1.82, 2.24) is 5.32 Å². The molecule has 0 aliphatic heterocycles. The summed E-state index contributed by atoms with van der Waals surface area (Å²) in [5.74, 6) is 3.28. The molecule has 4 aliphatic rings. The predicted molar refractivity (Wildman–Crippen MR) is 95.3 cm³/mol. The maximum Gasteiger partial charge on any atom is 0.257 e. The van der Waals surface area contributed by atoms with Crippen molar-refractivity contribution in [3.8, 4) is 5.75 Å². The molecule has 0 radical (unpaired) electrons. The summed E-state index contributed by atoms with van der Waals surface area (Å²) < 4.78 is 5.61. The molecule has 0 spiro atoms. The molecular formula is C20H26ClNO2. The Kier molecular flexibility index (Phi) is 4.24. The van der Waals surface area contributed by atoms with Gasteiger partial charge in [-0.05, 0) is 86.3 Å². The van der Waals surface area contributed by atoms with Crippen molar-refractivity contribution in [2.75, 3.05) is 13.2 Å². The Bertz CT molecular complexity index is 607. The van der Waals surface area contributed by atoms with Gasteiger partial charge in [0.2, 0.25) is 0 Å². The minimum atomic E-state index is -0.0386. The fourth-order valence-electron chi connectivity index (χ4n) is 5.71. The van der Waals surface area contributed by atoms with E-state index in [0.717, 1.165) is 29.9 Å². The zero-order chi connectivity index (χ0) is 16.7. The average molecular weight is 348 g/mol. The first-order valence-corrected chi connectivity index (χ1v) is 9.55. The summed E-state index contributed by atoms with van der Waals surface area (Å²) in [6.07, 6.45) is 8.23. The van der Waals surface area contributed by atoms with Crippen molar-refractivity contribution < 1.29 is 9.53 Å². The fourth-order valence-corrected chi connectivity index (χ4v) is 5.88. The van der Waals surface area contributed by atoms with Gasteiger partial charge in [0.15, 0.2) is 6.61 Å². The van der Waals surface area contributed by atoms with E-state index in [1.807, 2.05) is 19.1 Å². The molecule has 0 heterocycles. The van der Waals surface area contributed by atoms with Gasteiger partial charge in [-0.1, -0.05) is 17.7 Å². The summed E-state index contributed by atoms with van der Waals surface area (Å²) in [4.78, 5) is 12.2. The van der Waals surface area contributed by atoms with Gasteiger partial charge in [0, 0.05) is 6.54 Å². The van der Waals surface area contributed by atoms with Crippen molar-refractivity contribution in [3.05, 3.63) is 28.8 Å². The van der Waals surface area contributed by atoms with Gasteiger partial charge >= 0.3 is 0 Å². The Hall–Kier alpha value is -1.22. The van der Waals surface area contributed by atoms with Crippen LogP contribution in [0, 0.1) is 30.1 Å². The first-order valence-electron chi connectivity index (χ1n) is 9.17. The molecule has 1 N–H and O–H groups in total. The Morgan fingerprint density at radius 2 is 1.83 bits per heavy atom. The van der Waals surface area contributed by atoms with Crippen molar-refractivity contribution in [1.29, 1.82) is 0 Å². The molecule has 0 saturated heterocycles. The standard InChI is InChI=1S/C20H26ClNO2/c1-13-2-3-17(21)18(4-13)24-11-19(23)22-12-20-8-14-5-15(9-20)7-16(6-14)10-20/h2-4,14-16H,5-12H2,1H3,(H,22,23). The van der Waals surface area contributed by atoms with Crippen molar-refractivity contribution in [2.24, 2.45) is 23.2 Å². The Morgan fingerprint density at radius 3 is 2.46 bits per heavy atom. The van der Waals surface area contributed by atoms with Gasteiger partial charge in [-0.2, -0.15) is 0 Å². The highest BCUT2D eigenvalue weighted by Crippen LogP contribution is 2.59. The SMILES string of the molecule is Cc1ccc(Cl)c(OCC(=O)NCC23CC4CC(CC(C4)C2)C3)c1. The van der Waals surface area contributed by atoms with Crippen LogP contribution in [0.25, 0.3) is 0 Å².